The van der Waals surface area contributed by atoms with Crippen LogP contribution in [0.3, 0.4) is 0 Å². The van der Waals surface area contributed by atoms with Crippen molar-refractivity contribution in [1.29, 1.82) is 0 Å². The van der Waals surface area contributed by atoms with Crippen LogP contribution in [0.2, 0.25) is 0 Å². The fourth-order valence-corrected chi connectivity index (χ4v) is 2.92. The first-order valence-corrected chi connectivity index (χ1v) is 7.79. The van der Waals surface area contributed by atoms with Crippen molar-refractivity contribution < 1.29 is 9.90 Å². The Morgan fingerprint density at radius 3 is 2.68 bits per heavy atom. The number of rotatable bonds is 8. The Bertz CT molecular complexity index is 422. The summed E-state index contributed by atoms with van der Waals surface area (Å²) in [6, 6.07) is 8.34. The largest absolute Gasteiger partial charge is 0.480 e. The van der Waals surface area contributed by atoms with Gasteiger partial charge in [0.1, 0.15) is 5.54 Å². The first-order chi connectivity index (χ1) is 8.99. The summed E-state index contributed by atoms with van der Waals surface area (Å²) >= 11 is 1.83. The number of hydrogen-bond donors (Lipinski definition) is 2. The molecule has 3 N–H and O–H groups in total. The molecule has 0 spiro atoms. The highest BCUT2D eigenvalue weighted by Crippen LogP contribution is 2.20. The molecule has 1 rings (SSSR count). The van der Waals surface area contributed by atoms with E-state index in [2.05, 4.69) is 25.1 Å². The summed E-state index contributed by atoms with van der Waals surface area (Å²) in [6.45, 7) is 3.94. The molecule has 19 heavy (non-hydrogen) atoms. The van der Waals surface area contributed by atoms with Crippen molar-refractivity contribution in [2.45, 2.75) is 44.4 Å². The highest BCUT2D eigenvalue weighted by Gasteiger charge is 2.30. The van der Waals surface area contributed by atoms with Crippen molar-refractivity contribution in [3.63, 3.8) is 0 Å². The number of aliphatic carboxylic acids is 1. The molecule has 4 heteroatoms. The van der Waals surface area contributed by atoms with Crippen LogP contribution in [0.15, 0.2) is 24.3 Å². The SMILES string of the molecule is CCC(N)(CCCSCc1ccccc1C)C(=O)O. The Kier molecular flexibility index (Phi) is 6.38. The van der Waals surface area contributed by atoms with Crippen molar-refractivity contribution in [1.82, 2.24) is 0 Å². The molecule has 0 aliphatic rings. The second-order valence-electron chi connectivity index (χ2n) is 4.90. The van der Waals surface area contributed by atoms with Gasteiger partial charge in [0.25, 0.3) is 0 Å². The fraction of sp³-hybridized carbons (Fsp3) is 0.533. The van der Waals surface area contributed by atoms with Gasteiger partial charge in [-0.2, -0.15) is 11.8 Å². The zero-order chi connectivity index (χ0) is 14.3. The maximum Gasteiger partial charge on any atom is 0.323 e. The van der Waals surface area contributed by atoms with Crippen LogP contribution in [-0.2, 0) is 10.5 Å². The molecule has 0 aliphatic carbocycles. The van der Waals surface area contributed by atoms with Crippen LogP contribution in [0.4, 0.5) is 0 Å². The number of aryl methyl sites for hydroxylation is 1. The van der Waals surface area contributed by atoms with Gasteiger partial charge in [-0.3, -0.25) is 4.79 Å². The van der Waals surface area contributed by atoms with Crippen molar-refractivity contribution in [2.24, 2.45) is 5.73 Å². The number of nitrogens with two attached hydrogens (primary N) is 1. The smallest absolute Gasteiger partial charge is 0.323 e. The molecule has 3 nitrogen and oxygen atoms in total. The summed E-state index contributed by atoms with van der Waals surface area (Å²) in [6.07, 6.45) is 1.86. The zero-order valence-electron chi connectivity index (χ0n) is 11.7. The van der Waals surface area contributed by atoms with E-state index in [9.17, 15) is 4.79 Å². The number of carboxylic acids is 1. The fourth-order valence-electron chi connectivity index (χ4n) is 1.88. The van der Waals surface area contributed by atoms with E-state index in [0.717, 1.165) is 17.9 Å². The van der Waals surface area contributed by atoms with Gasteiger partial charge in [0.15, 0.2) is 0 Å². The molecule has 0 amide bonds. The summed E-state index contributed by atoms with van der Waals surface area (Å²) in [5.74, 6) is 1.03. The third-order valence-corrected chi connectivity index (χ3v) is 4.58. The molecule has 106 valence electrons. The summed E-state index contributed by atoms with van der Waals surface area (Å²) in [5.41, 5.74) is 7.45. The van der Waals surface area contributed by atoms with Crippen molar-refractivity contribution >= 4 is 17.7 Å². The van der Waals surface area contributed by atoms with Crippen LogP contribution in [0, 0.1) is 6.92 Å². The van der Waals surface area contributed by atoms with Crippen LogP contribution in [-0.4, -0.2) is 22.4 Å². The maximum absolute atomic E-state index is 11.1. The Morgan fingerprint density at radius 2 is 2.11 bits per heavy atom. The van der Waals surface area contributed by atoms with E-state index in [-0.39, 0.29) is 0 Å². The van der Waals surface area contributed by atoms with Crippen LogP contribution in [0.5, 0.6) is 0 Å². The maximum atomic E-state index is 11.1. The lowest BCUT2D eigenvalue weighted by Crippen LogP contribution is -2.47. The van der Waals surface area contributed by atoms with Crippen LogP contribution in [0.1, 0.15) is 37.3 Å². The van der Waals surface area contributed by atoms with Crippen molar-refractivity contribution in [3.8, 4) is 0 Å². The molecule has 1 aromatic carbocycles. The van der Waals surface area contributed by atoms with E-state index < -0.39 is 11.5 Å². The minimum absolute atomic E-state index is 0.477. The number of benzene rings is 1. The molecule has 0 saturated heterocycles. The normalized spacial score (nSPS) is 14.1. The molecule has 0 radical (unpaired) electrons. The molecular formula is C15H23NO2S. The number of carbonyl (C=O) groups is 1. The summed E-state index contributed by atoms with van der Waals surface area (Å²) < 4.78 is 0. The summed E-state index contributed by atoms with van der Waals surface area (Å²) in [7, 11) is 0. The topological polar surface area (TPSA) is 63.3 Å². The Hall–Kier alpha value is -1.00. The Morgan fingerprint density at radius 1 is 1.42 bits per heavy atom. The lowest BCUT2D eigenvalue weighted by Gasteiger charge is -2.22. The molecule has 0 bridgehead atoms. The molecule has 1 unspecified atom stereocenters. The van der Waals surface area contributed by atoms with E-state index >= 15 is 0 Å². The van der Waals surface area contributed by atoms with E-state index in [1.165, 1.54) is 11.1 Å². The average molecular weight is 281 g/mol. The number of thioether (sulfide) groups is 1. The van der Waals surface area contributed by atoms with Crippen molar-refractivity contribution in [2.75, 3.05) is 5.75 Å². The summed E-state index contributed by atoms with van der Waals surface area (Å²) in [5, 5.41) is 9.07. The quantitative estimate of drug-likeness (QED) is 0.718. The van der Waals surface area contributed by atoms with Gasteiger partial charge >= 0.3 is 5.97 Å². The van der Waals surface area contributed by atoms with Gasteiger partial charge < -0.3 is 10.8 Å². The van der Waals surface area contributed by atoms with E-state index in [1.807, 2.05) is 24.8 Å². The van der Waals surface area contributed by atoms with Gasteiger partial charge in [-0.05, 0) is 43.1 Å². The Balaban J connectivity index is 2.29. The monoisotopic (exact) mass is 281 g/mol. The highest BCUT2D eigenvalue weighted by atomic mass is 32.2. The first kappa shape index (κ1) is 16.1. The molecular weight excluding hydrogens is 258 g/mol. The average Bonchev–Trinajstić information content (AvgIpc) is 2.39. The standard InChI is InChI=1S/C15H23NO2S/c1-3-15(16,14(17)18)9-6-10-19-11-13-8-5-4-7-12(13)2/h4-5,7-8H,3,6,9-11,16H2,1-2H3,(H,17,18). The van der Waals surface area contributed by atoms with Crippen molar-refractivity contribution in [3.05, 3.63) is 35.4 Å². The predicted molar refractivity (Wildman–Crippen MR) is 81.4 cm³/mol. The van der Waals surface area contributed by atoms with Gasteiger partial charge in [0.05, 0.1) is 0 Å². The molecule has 0 aliphatic heterocycles. The van der Waals surface area contributed by atoms with E-state index in [0.29, 0.717) is 12.8 Å². The third kappa shape index (κ3) is 4.88. The molecule has 1 aromatic rings. The van der Waals surface area contributed by atoms with Gasteiger partial charge in [-0.25, -0.2) is 0 Å². The lowest BCUT2D eigenvalue weighted by molar-refractivity contribution is -0.143. The zero-order valence-corrected chi connectivity index (χ0v) is 12.5. The van der Waals surface area contributed by atoms with Gasteiger partial charge in [0.2, 0.25) is 0 Å². The second kappa shape index (κ2) is 7.56. The van der Waals surface area contributed by atoms with E-state index in [4.69, 9.17) is 10.8 Å². The van der Waals surface area contributed by atoms with Crippen LogP contribution < -0.4 is 5.73 Å². The molecule has 0 saturated carbocycles. The summed E-state index contributed by atoms with van der Waals surface area (Å²) in [4.78, 5) is 11.1. The molecule has 0 heterocycles. The first-order valence-electron chi connectivity index (χ1n) is 6.64. The molecule has 0 aromatic heterocycles. The minimum Gasteiger partial charge on any atom is -0.480 e. The number of carboxylic acid groups (broad SMARTS) is 1. The molecule has 1 atom stereocenters. The van der Waals surface area contributed by atoms with Gasteiger partial charge in [-0.1, -0.05) is 31.2 Å². The van der Waals surface area contributed by atoms with Crippen LogP contribution in [0.25, 0.3) is 0 Å². The van der Waals surface area contributed by atoms with Crippen LogP contribution >= 0.6 is 11.8 Å². The van der Waals surface area contributed by atoms with Gasteiger partial charge in [-0.15, -0.1) is 0 Å². The Labute approximate surface area is 119 Å². The second-order valence-corrected chi connectivity index (χ2v) is 6.00. The minimum atomic E-state index is -1.05. The predicted octanol–water partition coefficient (Wildman–Crippen LogP) is 3.20. The highest BCUT2D eigenvalue weighted by molar-refractivity contribution is 7.98. The lowest BCUT2D eigenvalue weighted by atomic mass is 9.92. The number of hydrogen-bond acceptors (Lipinski definition) is 3. The molecule has 0 fully saturated rings. The third-order valence-electron chi connectivity index (χ3n) is 3.49. The van der Waals surface area contributed by atoms with Gasteiger partial charge in [0, 0.05) is 5.75 Å². The van der Waals surface area contributed by atoms with E-state index in [1.54, 1.807) is 0 Å².